The Morgan fingerprint density at radius 3 is 2.57 bits per heavy atom. The molecule has 0 spiro atoms. The van der Waals surface area contributed by atoms with E-state index >= 15 is 0 Å². The quantitative estimate of drug-likeness (QED) is 0.571. The zero-order valence-corrected chi connectivity index (χ0v) is 14.2. The summed E-state index contributed by atoms with van der Waals surface area (Å²) in [4.78, 5) is 1.35. The lowest BCUT2D eigenvalue weighted by Crippen LogP contribution is -2.23. The second-order valence-corrected chi connectivity index (χ2v) is 7.17. The van der Waals surface area contributed by atoms with Crippen LogP contribution < -0.4 is 5.32 Å². The highest BCUT2D eigenvalue weighted by molar-refractivity contribution is 7.16. The molecule has 0 radical (unpaired) electrons. The lowest BCUT2D eigenvalue weighted by molar-refractivity contribution is 0.478. The van der Waals surface area contributed by atoms with Gasteiger partial charge in [0.2, 0.25) is 0 Å². The average molecular weight is 322 g/mol. The molecule has 0 saturated heterocycles. The normalized spacial score (nSPS) is 12.5. The Bertz CT molecular complexity index is 509. The van der Waals surface area contributed by atoms with E-state index in [0.29, 0.717) is 6.04 Å². The summed E-state index contributed by atoms with van der Waals surface area (Å²) in [5.41, 5.74) is 1.40. The maximum atomic E-state index is 5.98. The number of unbranched alkanes of at least 4 members (excludes halogenated alkanes) is 2. The smallest absolute Gasteiger partial charge is 0.0931 e. The third-order valence-corrected chi connectivity index (χ3v) is 4.98. The van der Waals surface area contributed by atoms with Crippen molar-refractivity contribution in [1.82, 2.24) is 5.32 Å². The number of benzene rings is 1. The van der Waals surface area contributed by atoms with Crippen LogP contribution in [0.3, 0.4) is 0 Å². The molecule has 2 rings (SSSR count). The molecule has 21 heavy (non-hydrogen) atoms. The fourth-order valence-electron chi connectivity index (χ4n) is 2.53. The number of hydrogen-bond acceptors (Lipinski definition) is 2. The van der Waals surface area contributed by atoms with Gasteiger partial charge in [0.05, 0.1) is 4.34 Å². The first-order chi connectivity index (χ1) is 10.3. The summed E-state index contributed by atoms with van der Waals surface area (Å²) in [7, 11) is 0. The molecular formula is C18H24ClNS. The van der Waals surface area contributed by atoms with Crippen molar-refractivity contribution in [1.29, 1.82) is 0 Å². The lowest BCUT2D eigenvalue weighted by Gasteiger charge is -2.19. The Morgan fingerprint density at radius 1 is 1.10 bits per heavy atom. The van der Waals surface area contributed by atoms with Crippen LogP contribution in [0.5, 0.6) is 0 Å². The highest BCUT2D eigenvalue weighted by Gasteiger charge is 2.10. The molecule has 0 amide bonds. The molecular weight excluding hydrogens is 298 g/mol. The van der Waals surface area contributed by atoms with Gasteiger partial charge in [-0.1, -0.05) is 68.1 Å². The van der Waals surface area contributed by atoms with Gasteiger partial charge < -0.3 is 5.32 Å². The molecule has 0 aliphatic carbocycles. The Morgan fingerprint density at radius 2 is 1.90 bits per heavy atom. The van der Waals surface area contributed by atoms with Crippen molar-refractivity contribution in [2.45, 2.75) is 45.1 Å². The minimum absolute atomic E-state index is 0.466. The van der Waals surface area contributed by atoms with Crippen molar-refractivity contribution in [2.24, 2.45) is 0 Å². The lowest BCUT2D eigenvalue weighted by atomic mass is 10.0. The average Bonchev–Trinajstić information content (AvgIpc) is 2.92. The van der Waals surface area contributed by atoms with E-state index in [-0.39, 0.29) is 0 Å². The van der Waals surface area contributed by atoms with E-state index in [1.165, 1.54) is 36.1 Å². The first-order valence-corrected chi connectivity index (χ1v) is 9.01. The highest BCUT2D eigenvalue weighted by atomic mass is 35.5. The molecule has 3 heteroatoms. The van der Waals surface area contributed by atoms with Crippen molar-refractivity contribution < 1.29 is 0 Å². The number of thiophene rings is 1. The molecule has 1 aromatic carbocycles. The Balaban J connectivity index is 1.86. The molecule has 114 valence electrons. The zero-order chi connectivity index (χ0) is 14.9. The third kappa shape index (κ3) is 5.82. The van der Waals surface area contributed by atoms with Crippen LogP contribution >= 0.6 is 22.9 Å². The summed E-state index contributed by atoms with van der Waals surface area (Å²) in [6.45, 7) is 3.26. The van der Waals surface area contributed by atoms with Crippen molar-refractivity contribution in [2.75, 3.05) is 6.54 Å². The molecule has 0 saturated carbocycles. The van der Waals surface area contributed by atoms with Gasteiger partial charge in [-0.15, -0.1) is 11.3 Å². The number of hydrogen-bond donors (Lipinski definition) is 1. The minimum atomic E-state index is 0.466. The van der Waals surface area contributed by atoms with Crippen molar-refractivity contribution >= 4 is 22.9 Å². The largest absolute Gasteiger partial charge is 0.310 e. The first-order valence-electron chi connectivity index (χ1n) is 7.82. The van der Waals surface area contributed by atoms with E-state index < -0.39 is 0 Å². The fourth-order valence-corrected chi connectivity index (χ4v) is 3.61. The van der Waals surface area contributed by atoms with Gasteiger partial charge in [0.1, 0.15) is 0 Å². The third-order valence-electron chi connectivity index (χ3n) is 3.69. The van der Waals surface area contributed by atoms with Crippen LogP contribution in [0.1, 0.15) is 49.1 Å². The predicted octanol–water partition coefficient (Wildman–Crippen LogP) is 5.86. The zero-order valence-electron chi connectivity index (χ0n) is 12.6. The van der Waals surface area contributed by atoms with Gasteiger partial charge in [0, 0.05) is 17.5 Å². The molecule has 2 aromatic rings. The second-order valence-electron chi connectivity index (χ2n) is 5.37. The Labute approximate surface area is 137 Å². The molecule has 0 aliphatic heterocycles. The SMILES string of the molecule is CCCCCC(NCCc1ccc(Cl)s1)c1ccccc1. The van der Waals surface area contributed by atoms with E-state index in [4.69, 9.17) is 11.6 Å². The molecule has 0 fully saturated rings. The van der Waals surface area contributed by atoms with Gasteiger partial charge in [-0.2, -0.15) is 0 Å². The second kappa shape index (κ2) is 9.24. The van der Waals surface area contributed by atoms with E-state index in [1.807, 2.05) is 6.07 Å². The van der Waals surface area contributed by atoms with Crippen LogP contribution in [0.25, 0.3) is 0 Å². The van der Waals surface area contributed by atoms with Crippen LogP contribution in [0.4, 0.5) is 0 Å². The molecule has 0 bridgehead atoms. The fraction of sp³-hybridized carbons (Fsp3) is 0.444. The number of nitrogens with one attached hydrogen (secondary N) is 1. The minimum Gasteiger partial charge on any atom is -0.310 e. The summed E-state index contributed by atoms with van der Waals surface area (Å²) in [6, 6.07) is 15.4. The van der Waals surface area contributed by atoms with E-state index in [2.05, 4.69) is 48.6 Å². The predicted molar refractivity (Wildman–Crippen MR) is 94.4 cm³/mol. The number of rotatable bonds is 9. The van der Waals surface area contributed by atoms with E-state index in [9.17, 15) is 0 Å². The van der Waals surface area contributed by atoms with Crippen LogP contribution in [0.2, 0.25) is 4.34 Å². The maximum absolute atomic E-state index is 5.98. The van der Waals surface area contributed by atoms with Crippen molar-refractivity contribution in [3.8, 4) is 0 Å². The van der Waals surface area contributed by atoms with Crippen LogP contribution in [-0.2, 0) is 6.42 Å². The van der Waals surface area contributed by atoms with Gasteiger partial charge in [-0.05, 0) is 30.5 Å². The van der Waals surface area contributed by atoms with Crippen LogP contribution in [0, 0.1) is 0 Å². The van der Waals surface area contributed by atoms with Crippen LogP contribution in [0.15, 0.2) is 42.5 Å². The van der Waals surface area contributed by atoms with Gasteiger partial charge in [0.25, 0.3) is 0 Å². The summed E-state index contributed by atoms with van der Waals surface area (Å²) < 4.78 is 0.882. The van der Waals surface area contributed by atoms with Gasteiger partial charge in [0.15, 0.2) is 0 Å². The molecule has 1 atom stereocenters. The summed E-state index contributed by atoms with van der Waals surface area (Å²) in [5.74, 6) is 0. The molecule has 1 N–H and O–H groups in total. The summed E-state index contributed by atoms with van der Waals surface area (Å²) >= 11 is 7.66. The topological polar surface area (TPSA) is 12.0 Å². The molecule has 1 aromatic heterocycles. The van der Waals surface area contributed by atoms with Gasteiger partial charge in [-0.3, -0.25) is 0 Å². The first kappa shape index (κ1) is 16.5. The van der Waals surface area contributed by atoms with Crippen LogP contribution in [-0.4, -0.2) is 6.54 Å². The molecule has 1 unspecified atom stereocenters. The van der Waals surface area contributed by atoms with Gasteiger partial charge >= 0.3 is 0 Å². The molecule has 1 nitrogen and oxygen atoms in total. The number of halogens is 1. The highest BCUT2D eigenvalue weighted by Crippen LogP contribution is 2.23. The molecule has 1 heterocycles. The van der Waals surface area contributed by atoms with Crippen molar-refractivity contribution in [3.63, 3.8) is 0 Å². The monoisotopic (exact) mass is 321 g/mol. The summed E-state index contributed by atoms with van der Waals surface area (Å²) in [6.07, 6.45) is 6.13. The van der Waals surface area contributed by atoms with E-state index in [1.54, 1.807) is 11.3 Å². The Kier molecular flexibility index (Phi) is 7.28. The Hall–Kier alpha value is -0.830. The molecule has 0 aliphatic rings. The maximum Gasteiger partial charge on any atom is 0.0931 e. The standard InChI is InChI=1S/C18H24ClNS/c1-2-3-5-10-17(15-8-6-4-7-9-15)20-14-13-16-11-12-18(19)21-16/h4,6-9,11-12,17,20H,2-3,5,10,13-14H2,1H3. The van der Waals surface area contributed by atoms with E-state index in [0.717, 1.165) is 17.3 Å². The van der Waals surface area contributed by atoms with Gasteiger partial charge in [-0.25, -0.2) is 0 Å². The van der Waals surface area contributed by atoms with Crippen molar-refractivity contribution in [3.05, 3.63) is 57.2 Å². The summed E-state index contributed by atoms with van der Waals surface area (Å²) in [5, 5.41) is 3.72.